The summed E-state index contributed by atoms with van der Waals surface area (Å²) >= 11 is 9.44. The van der Waals surface area contributed by atoms with Gasteiger partial charge in [0.05, 0.1) is 6.10 Å². The molecule has 3 atom stereocenters. The first kappa shape index (κ1) is 13.4. The van der Waals surface area contributed by atoms with Gasteiger partial charge in [0.2, 0.25) is 0 Å². The van der Waals surface area contributed by atoms with E-state index in [0.29, 0.717) is 10.9 Å². The molecule has 1 aliphatic rings. The van der Waals surface area contributed by atoms with Crippen LogP contribution in [0.4, 0.5) is 0 Å². The Balaban J connectivity index is 2.15. The lowest BCUT2D eigenvalue weighted by molar-refractivity contribution is 0.0714. The molecule has 0 spiro atoms. The van der Waals surface area contributed by atoms with Gasteiger partial charge in [-0.05, 0) is 48.4 Å². The molecular weight excluding hydrogens is 300 g/mol. The molecule has 1 N–H and O–H groups in total. The van der Waals surface area contributed by atoms with Gasteiger partial charge in [0.25, 0.3) is 0 Å². The highest BCUT2D eigenvalue weighted by Crippen LogP contribution is 2.38. The van der Waals surface area contributed by atoms with Crippen molar-refractivity contribution in [3.8, 4) is 0 Å². The maximum absolute atomic E-state index is 10.4. The van der Waals surface area contributed by atoms with Crippen molar-refractivity contribution in [3.63, 3.8) is 0 Å². The van der Waals surface area contributed by atoms with Gasteiger partial charge in [-0.2, -0.15) is 0 Å². The van der Waals surface area contributed by atoms with Crippen LogP contribution < -0.4 is 0 Å². The van der Waals surface area contributed by atoms with Gasteiger partial charge in [-0.15, -0.1) is 0 Å². The average Bonchev–Trinajstić information content (AvgIpc) is 2.26. The van der Waals surface area contributed by atoms with Crippen LogP contribution in [0.15, 0.2) is 22.7 Å². The van der Waals surface area contributed by atoms with Crippen LogP contribution >= 0.6 is 27.5 Å². The number of hydrogen-bond donors (Lipinski definition) is 1. The Morgan fingerprint density at radius 3 is 2.76 bits per heavy atom. The first-order valence-corrected chi connectivity index (χ1v) is 7.37. The minimum atomic E-state index is -0.382. The van der Waals surface area contributed by atoms with Gasteiger partial charge in [0.15, 0.2) is 0 Å². The van der Waals surface area contributed by atoms with E-state index < -0.39 is 0 Å². The third-order valence-corrected chi connectivity index (χ3v) is 4.33. The number of aliphatic hydroxyl groups is 1. The van der Waals surface area contributed by atoms with E-state index in [4.69, 9.17) is 11.6 Å². The van der Waals surface area contributed by atoms with E-state index in [1.807, 2.05) is 18.2 Å². The zero-order valence-corrected chi connectivity index (χ0v) is 12.3. The molecule has 0 aliphatic heterocycles. The second-order valence-corrected chi connectivity index (χ2v) is 6.53. The monoisotopic (exact) mass is 316 g/mol. The summed E-state index contributed by atoms with van der Waals surface area (Å²) in [5, 5.41) is 11.1. The van der Waals surface area contributed by atoms with Crippen molar-refractivity contribution in [2.75, 3.05) is 0 Å². The molecule has 1 aromatic carbocycles. The topological polar surface area (TPSA) is 20.2 Å². The van der Waals surface area contributed by atoms with Crippen molar-refractivity contribution >= 4 is 27.5 Å². The van der Waals surface area contributed by atoms with Crippen LogP contribution in [0.3, 0.4) is 0 Å². The number of aliphatic hydroxyl groups excluding tert-OH is 1. The van der Waals surface area contributed by atoms with Crippen molar-refractivity contribution in [1.82, 2.24) is 0 Å². The lowest BCUT2D eigenvalue weighted by Crippen LogP contribution is -2.20. The summed E-state index contributed by atoms with van der Waals surface area (Å²) in [7, 11) is 0. The van der Waals surface area contributed by atoms with Crippen LogP contribution in [0.1, 0.15) is 44.3 Å². The van der Waals surface area contributed by atoms with Gasteiger partial charge in [-0.1, -0.05) is 47.3 Å². The molecule has 3 heteroatoms. The van der Waals surface area contributed by atoms with Gasteiger partial charge in [0.1, 0.15) is 0 Å². The second kappa shape index (κ2) is 5.73. The first-order valence-electron chi connectivity index (χ1n) is 6.20. The lowest BCUT2D eigenvalue weighted by Gasteiger charge is -2.30. The largest absolute Gasteiger partial charge is 0.388 e. The summed E-state index contributed by atoms with van der Waals surface area (Å²) in [5.74, 6) is 1.11. The van der Waals surface area contributed by atoms with Crippen molar-refractivity contribution in [1.29, 1.82) is 0 Å². The van der Waals surface area contributed by atoms with Crippen LogP contribution in [0, 0.1) is 11.8 Å². The van der Waals surface area contributed by atoms with Crippen molar-refractivity contribution in [3.05, 3.63) is 33.3 Å². The molecule has 0 aromatic heterocycles. The van der Waals surface area contributed by atoms with Crippen molar-refractivity contribution in [2.45, 2.75) is 38.7 Å². The highest BCUT2D eigenvalue weighted by Gasteiger charge is 2.26. The number of rotatable bonds is 2. The molecule has 0 radical (unpaired) electrons. The molecule has 94 valence electrons. The molecule has 1 aliphatic carbocycles. The summed E-state index contributed by atoms with van der Waals surface area (Å²) in [5.41, 5.74) is 0.934. The molecule has 0 bridgehead atoms. The maximum atomic E-state index is 10.4. The lowest BCUT2D eigenvalue weighted by atomic mass is 9.78. The van der Waals surface area contributed by atoms with E-state index in [-0.39, 0.29) is 6.10 Å². The molecule has 1 nitrogen and oxygen atoms in total. The molecule has 0 amide bonds. The smallest absolute Gasteiger partial charge is 0.0819 e. The minimum absolute atomic E-state index is 0.379. The van der Waals surface area contributed by atoms with E-state index in [1.54, 1.807) is 0 Å². The molecule has 1 fully saturated rings. The normalized spacial score (nSPS) is 26.8. The van der Waals surface area contributed by atoms with Gasteiger partial charge >= 0.3 is 0 Å². The Kier molecular flexibility index (Phi) is 4.51. The van der Waals surface area contributed by atoms with E-state index >= 15 is 0 Å². The maximum Gasteiger partial charge on any atom is 0.0819 e. The molecule has 0 saturated heterocycles. The van der Waals surface area contributed by atoms with Crippen LogP contribution in [-0.4, -0.2) is 5.11 Å². The number of hydrogen-bond acceptors (Lipinski definition) is 1. The van der Waals surface area contributed by atoms with Gasteiger partial charge in [0, 0.05) is 9.50 Å². The zero-order chi connectivity index (χ0) is 12.4. The molecule has 3 unspecified atom stereocenters. The second-order valence-electron chi connectivity index (χ2n) is 5.18. The van der Waals surface area contributed by atoms with E-state index in [0.717, 1.165) is 28.8 Å². The molecule has 1 saturated carbocycles. The average molecular weight is 318 g/mol. The molecular formula is C14H18BrClO. The summed E-state index contributed by atoms with van der Waals surface area (Å²) < 4.78 is 0.933. The quantitative estimate of drug-likeness (QED) is 0.817. The Bertz CT molecular complexity index is 374. The summed E-state index contributed by atoms with van der Waals surface area (Å²) in [4.78, 5) is 0. The van der Waals surface area contributed by atoms with Crippen molar-refractivity contribution < 1.29 is 5.11 Å². The number of benzene rings is 1. The molecule has 17 heavy (non-hydrogen) atoms. The standard InChI is InChI=1S/C14H18BrClO/c1-9-3-2-4-10(5-9)14(17)11-6-12(15)8-13(16)7-11/h6-10,14,17H,2-5H2,1H3. The fourth-order valence-corrected chi connectivity index (χ4v) is 3.67. The molecule has 0 heterocycles. The predicted octanol–water partition coefficient (Wildman–Crippen LogP) is 4.96. The summed E-state index contributed by atoms with van der Waals surface area (Å²) in [6, 6.07) is 5.69. The van der Waals surface area contributed by atoms with Gasteiger partial charge in [-0.25, -0.2) is 0 Å². The van der Waals surface area contributed by atoms with Crippen LogP contribution in [0.2, 0.25) is 5.02 Å². The van der Waals surface area contributed by atoms with Crippen LogP contribution in [-0.2, 0) is 0 Å². The zero-order valence-electron chi connectivity index (χ0n) is 10.00. The van der Waals surface area contributed by atoms with Crippen molar-refractivity contribution in [2.24, 2.45) is 11.8 Å². The summed E-state index contributed by atoms with van der Waals surface area (Å²) in [6.07, 6.45) is 4.38. The van der Waals surface area contributed by atoms with Crippen LogP contribution in [0.5, 0.6) is 0 Å². The molecule has 1 aromatic rings. The van der Waals surface area contributed by atoms with E-state index in [1.165, 1.54) is 12.8 Å². The Hall–Kier alpha value is -0.0500. The van der Waals surface area contributed by atoms with Gasteiger partial charge < -0.3 is 5.11 Å². The SMILES string of the molecule is CC1CCCC(C(O)c2cc(Cl)cc(Br)c2)C1. The Labute approximate surface area is 116 Å². The van der Waals surface area contributed by atoms with E-state index in [9.17, 15) is 5.11 Å². The van der Waals surface area contributed by atoms with Gasteiger partial charge in [-0.3, -0.25) is 0 Å². The van der Waals surface area contributed by atoms with E-state index in [2.05, 4.69) is 22.9 Å². The third-order valence-electron chi connectivity index (χ3n) is 3.65. The summed E-state index contributed by atoms with van der Waals surface area (Å²) in [6.45, 7) is 2.27. The Morgan fingerprint density at radius 1 is 1.35 bits per heavy atom. The minimum Gasteiger partial charge on any atom is -0.388 e. The fraction of sp³-hybridized carbons (Fsp3) is 0.571. The first-order chi connectivity index (χ1) is 8.06. The highest BCUT2D eigenvalue weighted by molar-refractivity contribution is 9.10. The molecule has 2 rings (SSSR count). The number of halogens is 2. The predicted molar refractivity (Wildman–Crippen MR) is 75.2 cm³/mol. The van der Waals surface area contributed by atoms with Crippen LogP contribution in [0.25, 0.3) is 0 Å². The highest BCUT2D eigenvalue weighted by atomic mass is 79.9. The fourth-order valence-electron chi connectivity index (χ4n) is 2.79. The Morgan fingerprint density at radius 2 is 2.12 bits per heavy atom. The third kappa shape index (κ3) is 3.46.